The van der Waals surface area contributed by atoms with Crippen LogP contribution in [0.4, 0.5) is 4.39 Å². The number of aromatic nitrogens is 3. The standard InChI is InChI=1S/C23H19ClFN3O2/c1-23(2,30)12-28-13-26-21-18(22(28)29)11-19(14-6-8-16(24)9-7-14)27-20(21)15-4-3-5-17(25)10-15/h3-11,13,30H,12H2,1-2H3. The second-order valence-electron chi connectivity index (χ2n) is 7.76. The van der Waals surface area contributed by atoms with E-state index in [1.807, 2.05) is 0 Å². The van der Waals surface area contributed by atoms with Gasteiger partial charge in [-0.2, -0.15) is 0 Å². The number of rotatable bonds is 4. The Balaban J connectivity index is 2.02. The average molecular weight is 424 g/mol. The van der Waals surface area contributed by atoms with Gasteiger partial charge in [-0.15, -0.1) is 0 Å². The van der Waals surface area contributed by atoms with Crippen molar-refractivity contribution in [2.75, 3.05) is 0 Å². The topological polar surface area (TPSA) is 68.0 Å². The van der Waals surface area contributed by atoms with E-state index in [1.54, 1.807) is 56.3 Å². The van der Waals surface area contributed by atoms with Crippen LogP contribution < -0.4 is 5.56 Å². The van der Waals surface area contributed by atoms with Crippen LogP contribution in [-0.4, -0.2) is 25.2 Å². The molecular weight excluding hydrogens is 405 g/mol. The summed E-state index contributed by atoms with van der Waals surface area (Å²) in [6, 6.07) is 14.8. The summed E-state index contributed by atoms with van der Waals surface area (Å²) in [7, 11) is 0. The molecule has 2 aromatic heterocycles. The van der Waals surface area contributed by atoms with Crippen molar-refractivity contribution in [3.05, 3.63) is 82.1 Å². The summed E-state index contributed by atoms with van der Waals surface area (Å²) in [6.07, 6.45) is 1.38. The SMILES string of the molecule is CC(C)(O)Cn1cnc2c(-c3cccc(F)c3)nc(-c3ccc(Cl)cc3)cc2c1=O. The Morgan fingerprint density at radius 2 is 1.83 bits per heavy atom. The second-order valence-corrected chi connectivity index (χ2v) is 8.20. The third-order valence-corrected chi connectivity index (χ3v) is 4.86. The number of aliphatic hydroxyl groups is 1. The van der Waals surface area contributed by atoms with Crippen LogP contribution in [0.15, 0.2) is 65.7 Å². The highest BCUT2D eigenvalue weighted by molar-refractivity contribution is 6.30. The van der Waals surface area contributed by atoms with Crippen LogP contribution in [0.1, 0.15) is 13.8 Å². The number of halogens is 2. The van der Waals surface area contributed by atoms with Crippen LogP contribution >= 0.6 is 11.6 Å². The number of hydrogen-bond donors (Lipinski definition) is 1. The number of pyridine rings is 1. The van der Waals surface area contributed by atoms with E-state index in [-0.39, 0.29) is 12.1 Å². The summed E-state index contributed by atoms with van der Waals surface area (Å²) < 4.78 is 15.3. The molecule has 5 nitrogen and oxygen atoms in total. The van der Waals surface area contributed by atoms with Gasteiger partial charge in [0.05, 0.1) is 35.2 Å². The number of fused-ring (bicyclic) bond motifs is 1. The van der Waals surface area contributed by atoms with Gasteiger partial charge in [0.25, 0.3) is 5.56 Å². The molecule has 0 aliphatic carbocycles. The van der Waals surface area contributed by atoms with Gasteiger partial charge >= 0.3 is 0 Å². The molecule has 0 radical (unpaired) electrons. The van der Waals surface area contributed by atoms with Gasteiger partial charge in [-0.1, -0.05) is 35.9 Å². The molecule has 30 heavy (non-hydrogen) atoms. The van der Waals surface area contributed by atoms with Gasteiger partial charge in [0.2, 0.25) is 0 Å². The molecule has 2 heterocycles. The van der Waals surface area contributed by atoms with Crippen molar-refractivity contribution in [1.29, 1.82) is 0 Å². The zero-order valence-corrected chi connectivity index (χ0v) is 17.2. The molecule has 7 heteroatoms. The smallest absolute Gasteiger partial charge is 0.261 e. The lowest BCUT2D eigenvalue weighted by atomic mass is 10.0. The van der Waals surface area contributed by atoms with E-state index in [1.165, 1.54) is 23.0 Å². The van der Waals surface area contributed by atoms with Crippen molar-refractivity contribution in [1.82, 2.24) is 14.5 Å². The largest absolute Gasteiger partial charge is 0.389 e. The van der Waals surface area contributed by atoms with Crippen LogP contribution in [0.2, 0.25) is 5.02 Å². The Morgan fingerprint density at radius 3 is 2.50 bits per heavy atom. The number of nitrogens with zero attached hydrogens (tertiary/aromatic N) is 3. The predicted molar refractivity (Wildman–Crippen MR) is 116 cm³/mol. The molecule has 0 spiro atoms. The van der Waals surface area contributed by atoms with Gasteiger partial charge < -0.3 is 5.11 Å². The summed E-state index contributed by atoms with van der Waals surface area (Å²) in [5.74, 6) is -0.408. The first-order chi connectivity index (χ1) is 14.2. The lowest BCUT2D eigenvalue weighted by Crippen LogP contribution is -2.33. The van der Waals surface area contributed by atoms with Crippen LogP contribution in [0.5, 0.6) is 0 Å². The second kappa shape index (κ2) is 7.63. The third-order valence-electron chi connectivity index (χ3n) is 4.61. The summed E-state index contributed by atoms with van der Waals surface area (Å²) in [5.41, 5.74) is 1.20. The maximum Gasteiger partial charge on any atom is 0.261 e. The zero-order valence-electron chi connectivity index (χ0n) is 16.4. The first kappa shape index (κ1) is 20.2. The van der Waals surface area contributed by atoms with E-state index in [0.29, 0.717) is 32.9 Å². The van der Waals surface area contributed by atoms with Gasteiger partial charge in [-0.05, 0) is 44.2 Å². The van der Waals surface area contributed by atoms with Gasteiger partial charge in [-0.25, -0.2) is 14.4 Å². The minimum atomic E-state index is -1.09. The first-order valence-corrected chi connectivity index (χ1v) is 9.73. The fraction of sp³-hybridized carbons (Fsp3) is 0.174. The Hall–Kier alpha value is -3.09. The molecule has 1 N–H and O–H groups in total. The molecule has 0 aliphatic rings. The highest BCUT2D eigenvalue weighted by atomic mass is 35.5. The lowest BCUT2D eigenvalue weighted by molar-refractivity contribution is 0.0603. The molecule has 0 saturated carbocycles. The minimum absolute atomic E-state index is 0.0860. The molecule has 0 saturated heterocycles. The molecule has 0 bridgehead atoms. The van der Waals surface area contributed by atoms with E-state index in [9.17, 15) is 14.3 Å². The Bertz CT molecular complexity index is 1290. The normalized spacial score (nSPS) is 11.8. The van der Waals surface area contributed by atoms with Gasteiger partial charge in [0.15, 0.2) is 0 Å². The minimum Gasteiger partial charge on any atom is -0.389 e. The number of hydrogen-bond acceptors (Lipinski definition) is 4. The Morgan fingerprint density at radius 1 is 1.10 bits per heavy atom. The van der Waals surface area contributed by atoms with E-state index in [4.69, 9.17) is 11.6 Å². The third kappa shape index (κ3) is 4.10. The van der Waals surface area contributed by atoms with Crippen LogP contribution in [0.25, 0.3) is 33.4 Å². The maximum absolute atomic E-state index is 13.9. The highest BCUT2D eigenvalue weighted by Crippen LogP contribution is 2.29. The zero-order chi connectivity index (χ0) is 21.5. The average Bonchev–Trinajstić information content (AvgIpc) is 2.69. The van der Waals surface area contributed by atoms with E-state index >= 15 is 0 Å². The van der Waals surface area contributed by atoms with Crippen LogP contribution in [0.3, 0.4) is 0 Å². The van der Waals surface area contributed by atoms with E-state index < -0.39 is 11.4 Å². The van der Waals surface area contributed by atoms with Crippen molar-refractivity contribution in [2.45, 2.75) is 26.0 Å². The Labute approximate surface area is 177 Å². The predicted octanol–water partition coefficient (Wildman–Crippen LogP) is 4.69. The molecule has 0 fully saturated rings. The Kier molecular flexibility index (Phi) is 5.13. The monoisotopic (exact) mass is 423 g/mol. The fourth-order valence-electron chi connectivity index (χ4n) is 3.30. The first-order valence-electron chi connectivity index (χ1n) is 9.36. The molecule has 0 unspecified atom stereocenters. The molecule has 0 atom stereocenters. The molecule has 4 rings (SSSR count). The summed E-state index contributed by atoms with van der Waals surface area (Å²) in [5, 5.41) is 11.1. The van der Waals surface area contributed by atoms with Gasteiger partial charge in [-0.3, -0.25) is 9.36 Å². The molecule has 0 aliphatic heterocycles. The number of benzene rings is 2. The van der Waals surface area contributed by atoms with Crippen molar-refractivity contribution in [3.63, 3.8) is 0 Å². The van der Waals surface area contributed by atoms with E-state index in [2.05, 4.69) is 9.97 Å². The summed E-state index contributed by atoms with van der Waals surface area (Å²) in [4.78, 5) is 22.3. The van der Waals surface area contributed by atoms with Crippen molar-refractivity contribution in [2.24, 2.45) is 0 Å². The van der Waals surface area contributed by atoms with Crippen LogP contribution in [-0.2, 0) is 6.54 Å². The molecule has 2 aromatic carbocycles. The van der Waals surface area contributed by atoms with E-state index in [0.717, 1.165) is 5.56 Å². The quantitative estimate of drug-likeness (QED) is 0.517. The molecular formula is C23H19ClFN3O2. The van der Waals surface area contributed by atoms with Crippen molar-refractivity contribution < 1.29 is 9.50 Å². The summed E-state index contributed by atoms with van der Waals surface area (Å²) in [6.45, 7) is 3.32. The van der Waals surface area contributed by atoms with Gasteiger partial charge in [0, 0.05) is 16.1 Å². The molecule has 152 valence electrons. The fourth-order valence-corrected chi connectivity index (χ4v) is 3.43. The highest BCUT2D eigenvalue weighted by Gasteiger charge is 2.19. The molecule has 4 aromatic rings. The van der Waals surface area contributed by atoms with Crippen LogP contribution in [0, 0.1) is 5.82 Å². The van der Waals surface area contributed by atoms with Crippen molar-refractivity contribution >= 4 is 22.5 Å². The lowest BCUT2D eigenvalue weighted by Gasteiger charge is -2.19. The summed E-state index contributed by atoms with van der Waals surface area (Å²) >= 11 is 6.00. The molecule has 0 amide bonds. The van der Waals surface area contributed by atoms with Gasteiger partial charge in [0.1, 0.15) is 11.3 Å². The maximum atomic E-state index is 13.9. The van der Waals surface area contributed by atoms with Crippen molar-refractivity contribution in [3.8, 4) is 22.5 Å².